The summed E-state index contributed by atoms with van der Waals surface area (Å²) in [6.07, 6.45) is -4.39. The van der Waals surface area contributed by atoms with Crippen LogP contribution in [0.5, 0.6) is 0 Å². The van der Waals surface area contributed by atoms with E-state index in [1.165, 1.54) is 17.0 Å². The molecule has 0 bridgehead atoms. The van der Waals surface area contributed by atoms with E-state index in [9.17, 15) is 27.6 Å². The normalized spacial score (nSPS) is 25.5. The number of carbonyl (C=O) groups is 3. The largest absolute Gasteiger partial charge is 0.418 e. The monoisotopic (exact) mass is 370 g/mol. The zero-order chi connectivity index (χ0) is 19.1. The van der Waals surface area contributed by atoms with Gasteiger partial charge in [-0.05, 0) is 25.5 Å². The third kappa shape index (κ3) is 3.44. The third-order valence-corrected chi connectivity index (χ3v) is 4.43. The molecule has 0 spiro atoms. The molecule has 2 heterocycles. The van der Waals surface area contributed by atoms with Crippen molar-refractivity contribution in [3.8, 4) is 0 Å². The van der Waals surface area contributed by atoms with Gasteiger partial charge in [-0.2, -0.15) is 13.2 Å². The van der Waals surface area contributed by atoms with Crippen LogP contribution >= 0.6 is 0 Å². The van der Waals surface area contributed by atoms with Crippen molar-refractivity contribution in [1.82, 2.24) is 15.5 Å². The molecule has 10 heteroatoms. The smallest absolute Gasteiger partial charge is 0.343 e. The molecule has 7 nitrogen and oxygen atoms in total. The average molecular weight is 370 g/mol. The molecule has 0 aliphatic carbocycles. The molecule has 1 aromatic rings. The fraction of sp³-hybridized carbons (Fsp3) is 0.438. The molecule has 0 saturated carbocycles. The van der Waals surface area contributed by atoms with Crippen LogP contribution in [-0.4, -0.2) is 47.4 Å². The van der Waals surface area contributed by atoms with Gasteiger partial charge >= 0.3 is 12.2 Å². The Morgan fingerprint density at radius 1 is 1.27 bits per heavy atom. The third-order valence-electron chi connectivity index (χ3n) is 4.43. The Balaban J connectivity index is 1.65. The van der Waals surface area contributed by atoms with Gasteiger partial charge in [0.1, 0.15) is 12.1 Å². The maximum Gasteiger partial charge on any atom is 0.418 e. The number of benzene rings is 1. The van der Waals surface area contributed by atoms with Gasteiger partial charge in [0.15, 0.2) is 0 Å². The predicted octanol–water partition coefficient (Wildman–Crippen LogP) is 1.31. The molecule has 0 aromatic heterocycles. The van der Waals surface area contributed by atoms with Gasteiger partial charge in [-0.15, -0.1) is 0 Å². The lowest BCUT2D eigenvalue weighted by molar-refractivity contribution is -0.146. The first kappa shape index (κ1) is 18.0. The minimum absolute atomic E-state index is 0.135. The van der Waals surface area contributed by atoms with E-state index in [2.05, 4.69) is 16.0 Å². The first-order valence-corrected chi connectivity index (χ1v) is 8.01. The topological polar surface area (TPSA) is 90.5 Å². The van der Waals surface area contributed by atoms with E-state index in [0.717, 1.165) is 12.1 Å². The lowest BCUT2D eigenvalue weighted by Crippen LogP contribution is -2.60. The Morgan fingerprint density at radius 2 is 1.96 bits per heavy atom. The number of carbonyl (C=O) groups excluding carboxylic acids is 3. The van der Waals surface area contributed by atoms with E-state index in [1.54, 1.807) is 6.92 Å². The highest BCUT2D eigenvalue weighted by Gasteiger charge is 2.45. The molecule has 2 saturated heterocycles. The Labute approximate surface area is 146 Å². The number of rotatable bonds is 2. The lowest BCUT2D eigenvalue weighted by atomic mass is 10.1. The van der Waals surface area contributed by atoms with Crippen molar-refractivity contribution in [2.45, 2.75) is 37.6 Å². The van der Waals surface area contributed by atoms with Crippen LogP contribution in [0.2, 0.25) is 0 Å². The van der Waals surface area contributed by atoms with Crippen LogP contribution in [-0.2, 0) is 15.8 Å². The summed E-state index contributed by atoms with van der Waals surface area (Å²) in [6, 6.07) is 1.97. The van der Waals surface area contributed by atoms with Crippen molar-refractivity contribution < 1.29 is 27.6 Å². The van der Waals surface area contributed by atoms with Crippen LogP contribution in [0.25, 0.3) is 0 Å². The van der Waals surface area contributed by atoms with E-state index >= 15 is 0 Å². The Kier molecular flexibility index (Phi) is 4.51. The molecule has 3 rings (SSSR count). The minimum Gasteiger partial charge on any atom is -0.343 e. The number of amides is 4. The molecule has 0 unspecified atom stereocenters. The van der Waals surface area contributed by atoms with Gasteiger partial charge in [0.25, 0.3) is 0 Å². The van der Waals surface area contributed by atoms with Crippen LogP contribution in [0.3, 0.4) is 0 Å². The quantitative estimate of drug-likeness (QED) is 0.733. The Bertz CT molecular complexity index is 753. The number of hydrogen-bond donors (Lipinski definition) is 3. The molecule has 2 aliphatic rings. The summed E-state index contributed by atoms with van der Waals surface area (Å²) < 4.78 is 38.9. The average Bonchev–Trinajstić information content (AvgIpc) is 2.96. The summed E-state index contributed by atoms with van der Waals surface area (Å²) in [7, 11) is 0. The SMILES string of the molecule is C[C@@H]1NC(=O)[C@@H]2C[C@H](NC(=O)Nc3ccccc3C(F)(F)F)CN2C1=O. The second-order valence-corrected chi connectivity index (χ2v) is 6.31. The highest BCUT2D eigenvalue weighted by Crippen LogP contribution is 2.34. The number of nitrogens with zero attached hydrogens (tertiary/aromatic N) is 1. The molecule has 140 valence electrons. The van der Waals surface area contributed by atoms with Gasteiger partial charge in [-0.1, -0.05) is 12.1 Å². The van der Waals surface area contributed by atoms with Gasteiger partial charge in [0, 0.05) is 6.54 Å². The molecule has 26 heavy (non-hydrogen) atoms. The van der Waals surface area contributed by atoms with Crippen LogP contribution in [0.4, 0.5) is 23.7 Å². The van der Waals surface area contributed by atoms with Crippen molar-refractivity contribution >= 4 is 23.5 Å². The lowest BCUT2D eigenvalue weighted by Gasteiger charge is -2.32. The molecule has 3 atom stereocenters. The summed E-state index contributed by atoms with van der Waals surface area (Å²) in [6.45, 7) is 1.70. The highest BCUT2D eigenvalue weighted by molar-refractivity contribution is 5.97. The molecule has 2 aliphatic heterocycles. The summed E-state index contributed by atoms with van der Waals surface area (Å²) in [4.78, 5) is 37.5. The summed E-state index contributed by atoms with van der Waals surface area (Å²) in [5, 5.41) is 7.26. The summed E-state index contributed by atoms with van der Waals surface area (Å²) >= 11 is 0. The van der Waals surface area contributed by atoms with E-state index in [0.29, 0.717) is 0 Å². The molecular formula is C16H17F3N4O3. The van der Waals surface area contributed by atoms with Crippen LogP contribution in [0, 0.1) is 0 Å². The zero-order valence-electron chi connectivity index (χ0n) is 13.8. The minimum atomic E-state index is -4.60. The van der Waals surface area contributed by atoms with E-state index in [1.807, 2.05) is 0 Å². The van der Waals surface area contributed by atoms with Gasteiger partial charge in [0.2, 0.25) is 11.8 Å². The standard InChI is InChI=1S/C16H17F3N4O3/c1-8-14(25)23-7-9(6-12(23)13(24)20-8)21-15(26)22-11-5-3-2-4-10(11)16(17,18)19/h2-5,8-9,12H,6-7H2,1H3,(H,20,24)(H2,21,22,26)/t8-,9-,12-/m0/s1. The van der Waals surface area contributed by atoms with Crippen LogP contribution in [0.1, 0.15) is 18.9 Å². The molecular weight excluding hydrogens is 353 g/mol. The Hall–Kier alpha value is -2.78. The number of anilines is 1. The zero-order valence-corrected chi connectivity index (χ0v) is 13.8. The van der Waals surface area contributed by atoms with Crippen molar-refractivity contribution in [2.75, 3.05) is 11.9 Å². The van der Waals surface area contributed by atoms with Crippen molar-refractivity contribution in [1.29, 1.82) is 0 Å². The van der Waals surface area contributed by atoms with E-state index in [-0.39, 0.29) is 30.5 Å². The van der Waals surface area contributed by atoms with Crippen LogP contribution < -0.4 is 16.0 Å². The van der Waals surface area contributed by atoms with Gasteiger partial charge in [-0.25, -0.2) is 4.79 Å². The van der Waals surface area contributed by atoms with E-state index in [4.69, 9.17) is 0 Å². The maximum absolute atomic E-state index is 13.0. The van der Waals surface area contributed by atoms with Crippen LogP contribution in [0.15, 0.2) is 24.3 Å². The van der Waals surface area contributed by atoms with Crippen molar-refractivity contribution in [2.24, 2.45) is 0 Å². The van der Waals surface area contributed by atoms with Crippen molar-refractivity contribution in [3.05, 3.63) is 29.8 Å². The number of piperazine rings is 1. The maximum atomic E-state index is 13.0. The van der Waals surface area contributed by atoms with Gasteiger partial charge < -0.3 is 20.9 Å². The summed E-state index contributed by atoms with van der Waals surface area (Å²) in [5.41, 5.74) is -1.32. The number of urea groups is 1. The predicted molar refractivity (Wildman–Crippen MR) is 85.1 cm³/mol. The number of hydrogen-bond acceptors (Lipinski definition) is 3. The molecule has 0 radical (unpaired) electrons. The van der Waals surface area contributed by atoms with Gasteiger partial charge in [-0.3, -0.25) is 9.59 Å². The molecule has 4 amide bonds. The second-order valence-electron chi connectivity index (χ2n) is 6.31. The number of alkyl halides is 3. The van der Waals surface area contributed by atoms with E-state index < -0.39 is 35.9 Å². The number of fused-ring (bicyclic) bond motifs is 1. The number of nitrogens with one attached hydrogen (secondary N) is 3. The molecule has 3 N–H and O–H groups in total. The fourth-order valence-electron chi connectivity index (χ4n) is 3.24. The molecule has 2 fully saturated rings. The first-order chi connectivity index (χ1) is 12.2. The fourth-order valence-corrected chi connectivity index (χ4v) is 3.24. The van der Waals surface area contributed by atoms with Gasteiger partial charge in [0.05, 0.1) is 17.3 Å². The van der Waals surface area contributed by atoms with Crippen molar-refractivity contribution in [3.63, 3.8) is 0 Å². The molecule has 1 aromatic carbocycles. The Morgan fingerprint density at radius 3 is 2.65 bits per heavy atom. The summed E-state index contributed by atoms with van der Waals surface area (Å²) in [5.74, 6) is -0.550. The number of para-hydroxylation sites is 1. The second kappa shape index (κ2) is 6.50. The highest BCUT2D eigenvalue weighted by atomic mass is 19.4. The number of halogens is 3. The first-order valence-electron chi connectivity index (χ1n) is 8.01.